The summed E-state index contributed by atoms with van der Waals surface area (Å²) >= 11 is 0. The molecule has 1 N–H and O–H groups in total. The van der Waals surface area contributed by atoms with Gasteiger partial charge in [0.05, 0.1) is 18.7 Å². The van der Waals surface area contributed by atoms with E-state index in [2.05, 4.69) is 57.7 Å². The van der Waals surface area contributed by atoms with Gasteiger partial charge in [0.2, 0.25) is 0 Å². The van der Waals surface area contributed by atoms with Crippen molar-refractivity contribution < 1.29 is 4.74 Å². The third-order valence-corrected chi connectivity index (χ3v) is 4.46. The maximum absolute atomic E-state index is 5.39. The molecule has 4 rings (SSSR count). The molecule has 0 atom stereocenters. The number of rotatable bonds is 4. The van der Waals surface area contributed by atoms with E-state index in [1.54, 1.807) is 0 Å². The highest BCUT2D eigenvalue weighted by molar-refractivity contribution is 6.01. The molecule has 4 nitrogen and oxygen atoms in total. The van der Waals surface area contributed by atoms with E-state index in [1.165, 1.54) is 16.2 Å². The maximum Gasteiger partial charge on any atom is 0.0729 e. The molecule has 1 fully saturated rings. The van der Waals surface area contributed by atoms with Gasteiger partial charge in [-0.15, -0.1) is 0 Å². The number of morpholine rings is 1. The summed E-state index contributed by atoms with van der Waals surface area (Å²) < 4.78 is 5.39. The molecule has 1 aliphatic heterocycles. The number of anilines is 1. The molecule has 3 aromatic rings. The van der Waals surface area contributed by atoms with Gasteiger partial charge in [-0.25, -0.2) is 0 Å². The van der Waals surface area contributed by atoms with Crippen molar-refractivity contribution in [1.29, 1.82) is 0 Å². The van der Waals surface area contributed by atoms with Gasteiger partial charge in [0, 0.05) is 43.4 Å². The second-order valence-corrected chi connectivity index (χ2v) is 5.96. The monoisotopic (exact) mass is 307 g/mol. The highest BCUT2D eigenvalue weighted by atomic mass is 16.5. The van der Waals surface area contributed by atoms with E-state index in [-0.39, 0.29) is 0 Å². The minimum atomic E-state index is 0.851. The Balaban J connectivity index is 1.55. The largest absolute Gasteiger partial charge is 0.383 e. The summed E-state index contributed by atoms with van der Waals surface area (Å²) in [6.45, 7) is 5.74. The Bertz CT molecular complexity index is 812. The number of aromatic nitrogens is 1. The summed E-state index contributed by atoms with van der Waals surface area (Å²) in [5.41, 5.74) is 2.20. The van der Waals surface area contributed by atoms with Crippen LogP contribution in [-0.2, 0) is 4.74 Å². The topological polar surface area (TPSA) is 37.4 Å². The number of nitrogens with one attached hydrogen (secondary N) is 1. The van der Waals surface area contributed by atoms with Gasteiger partial charge in [0.25, 0.3) is 0 Å². The quantitative estimate of drug-likeness (QED) is 0.752. The Kier molecular flexibility index (Phi) is 4.09. The van der Waals surface area contributed by atoms with Gasteiger partial charge in [-0.1, -0.05) is 24.3 Å². The van der Waals surface area contributed by atoms with Gasteiger partial charge in [0.15, 0.2) is 0 Å². The van der Waals surface area contributed by atoms with Crippen LogP contribution in [-0.4, -0.2) is 49.3 Å². The fraction of sp³-hybridized carbons (Fsp3) is 0.316. The Morgan fingerprint density at radius 1 is 1.04 bits per heavy atom. The third-order valence-electron chi connectivity index (χ3n) is 4.46. The zero-order valence-electron chi connectivity index (χ0n) is 13.2. The number of pyridine rings is 1. The van der Waals surface area contributed by atoms with Crippen LogP contribution in [0.25, 0.3) is 21.7 Å². The Morgan fingerprint density at radius 2 is 1.83 bits per heavy atom. The molecule has 4 heteroatoms. The van der Waals surface area contributed by atoms with Crippen LogP contribution in [0.1, 0.15) is 0 Å². The lowest BCUT2D eigenvalue weighted by atomic mass is 10.1. The van der Waals surface area contributed by atoms with Crippen molar-refractivity contribution in [2.45, 2.75) is 0 Å². The van der Waals surface area contributed by atoms with E-state index in [9.17, 15) is 0 Å². The zero-order chi connectivity index (χ0) is 15.5. The van der Waals surface area contributed by atoms with E-state index in [4.69, 9.17) is 4.74 Å². The molecule has 1 aliphatic rings. The summed E-state index contributed by atoms with van der Waals surface area (Å²) in [4.78, 5) is 6.96. The summed E-state index contributed by atoms with van der Waals surface area (Å²) in [6.07, 6.45) is 1.88. The minimum absolute atomic E-state index is 0.851. The van der Waals surface area contributed by atoms with E-state index >= 15 is 0 Å². The van der Waals surface area contributed by atoms with Crippen molar-refractivity contribution in [3.05, 3.63) is 48.7 Å². The first kappa shape index (κ1) is 14.4. The van der Waals surface area contributed by atoms with Crippen LogP contribution in [0.5, 0.6) is 0 Å². The number of ether oxygens (including phenoxy) is 1. The molecule has 118 valence electrons. The second kappa shape index (κ2) is 6.52. The summed E-state index contributed by atoms with van der Waals surface area (Å²) in [5.74, 6) is 0. The Hall–Kier alpha value is -2.17. The molecule has 0 amide bonds. The van der Waals surface area contributed by atoms with Crippen LogP contribution >= 0.6 is 0 Å². The molecule has 0 saturated carbocycles. The molecule has 1 saturated heterocycles. The highest BCUT2D eigenvalue weighted by Gasteiger charge is 2.10. The fourth-order valence-corrected chi connectivity index (χ4v) is 3.16. The van der Waals surface area contributed by atoms with Crippen molar-refractivity contribution in [1.82, 2.24) is 9.88 Å². The molecule has 2 aromatic carbocycles. The first-order chi connectivity index (χ1) is 11.4. The van der Waals surface area contributed by atoms with Crippen molar-refractivity contribution in [3.8, 4) is 0 Å². The molecule has 0 spiro atoms. The van der Waals surface area contributed by atoms with E-state index in [1.807, 2.05) is 6.20 Å². The van der Waals surface area contributed by atoms with E-state index in [0.29, 0.717) is 0 Å². The minimum Gasteiger partial charge on any atom is -0.383 e. The van der Waals surface area contributed by atoms with Gasteiger partial charge in [-0.05, 0) is 29.0 Å². The number of benzene rings is 2. The third kappa shape index (κ3) is 3.14. The summed E-state index contributed by atoms with van der Waals surface area (Å²) in [6, 6.07) is 14.9. The average Bonchev–Trinajstić information content (AvgIpc) is 2.61. The van der Waals surface area contributed by atoms with Crippen LogP contribution in [0.2, 0.25) is 0 Å². The normalized spacial score (nSPS) is 16.0. The molecule has 0 bridgehead atoms. The van der Waals surface area contributed by atoms with E-state index < -0.39 is 0 Å². The molecule has 23 heavy (non-hydrogen) atoms. The smallest absolute Gasteiger partial charge is 0.0729 e. The van der Waals surface area contributed by atoms with Gasteiger partial charge < -0.3 is 10.1 Å². The number of hydrogen-bond donors (Lipinski definition) is 1. The molecule has 2 heterocycles. The standard InChI is InChI=1S/C19H21N3O/c1-2-4-16-14-19-17(13-15(16)3-1)18(5-6-20-19)21-7-8-22-9-11-23-12-10-22/h1-6,13-14H,7-12H2,(H,20,21). The van der Waals surface area contributed by atoms with Crippen molar-refractivity contribution >= 4 is 27.4 Å². The predicted molar refractivity (Wildman–Crippen MR) is 95.0 cm³/mol. The molecule has 0 aliphatic carbocycles. The lowest BCUT2D eigenvalue weighted by Crippen LogP contribution is -2.39. The van der Waals surface area contributed by atoms with Gasteiger partial charge in [-0.2, -0.15) is 0 Å². The molecular formula is C19H21N3O. The van der Waals surface area contributed by atoms with Crippen LogP contribution < -0.4 is 5.32 Å². The predicted octanol–water partition coefficient (Wildman–Crippen LogP) is 3.13. The second-order valence-electron chi connectivity index (χ2n) is 5.96. The van der Waals surface area contributed by atoms with Crippen LogP contribution in [0, 0.1) is 0 Å². The summed E-state index contributed by atoms with van der Waals surface area (Å²) in [5, 5.41) is 7.25. The van der Waals surface area contributed by atoms with Crippen LogP contribution in [0.15, 0.2) is 48.7 Å². The van der Waals surface area contributed by atoms with E-state index in [0.717, 1.165) is 50.6 Å². The molecule has 1 aromatic heterocycles. The lowest BCUT2D eigenvalue weighted by molar-refractivity contribution is 0.0398. The fourth-order valence-electron chi connectivity index (χ4n) is 3.16. The van der Waals surface area contributed by atoms with Crippen molar-refractivity contribution in [2.75, 3.05) is 44.7 Å². The number of fused-ring (bicyclic) bond motifs is 2. The van der Waals surface area contributed by atoms with Gasteiger partial charge >= 0.3 is 0 Å². The first-order valence-electron chi connectivity index (χ1n) is 8.22. The van der Waals surface area contributed by atoms with Gasteiger partial charge in [0.1, 0.15) is 0 Å². The van der Waals surface area contributed by atoms with Crippen LogP contribution in [0.4, 0.5) is 5.69 Å². The summed E-state index contributed by atoms with van der Waals surface area (Å²) in [7, 11) is 0. The SMILES string of the molecule is c1ccc2cc3c(NCCN4CCOCC4)ccnc3cc2c1. The maximum atomic E-state index is 5.39. The van der Waals surface area contributed by atoms with Crippen LogP contribution in [0.3, 0.4) is 0 Å². The average molecular weight is 307 g/mol. The lowest BCUT2D eigenvalue weighted by Gasteiger charge is -2.26. The number of nitrogens with zero attached hydrogens (tertiary/aromatic N) is 2. The molecule has 0 unspecified atom stereocenters. The van der Waals surface area contributed by atoms with Crippen molar-refractivity contribution in [2.24, 2.45) is 0 Å². The van der Waals surface area contributed by atoms with Crippen molar-refractivity contribution in [3.63, 3.8) is 0 Å². The van der Waals surface area contributed by atoms with Gasteiger partial charge in [-0.3, -0.25) is 9.88 Å². The Morgan fingerprint density at radius 3 is 2.65 bits per heavy atom. The number of hydrogen-bond acceptors (Lipinski definition) is 4. The Labute approximate surface area is 136 Å². The highest BCUT2D eigenvalue weighted by Crippen LogP contribution is 2.26. The molecule has 0 radical (unpaired) electrons. The first-order valence-corrected chi connectivity index (χ1v) is 8.22. The molecular weight excluding hydrogens is 286 g/mol. The zero-order valence-corrected chi connectivity index (χ0v) is 13.2.